The van der Waals surface area contributed by atoms with Crippen molar-refractivity contribution in [2.24, 2.45) is 0 Å². The summed E-state index contributed by atoms with van der Waals surface area (Å²) in [6.07, 6.45) is 7.40. The maximum Gasteiger partial charge on any atom is 0.269 e. The molecule has 0 spiro atoms. The first-order valence-corrected chi connectivity index (χ1v) is 9.46. The number of benzene rings is 2. The molecule has 0 saturated heterocycles. The molecule has 0 bridgehead atoms. The number of imidazole rings is 1. The Morgan fingerprint density at radius 3 is 2.58 bits per heavy atom. The molecule has 126 valence electrons. The molecule has 0 fully saturated rings. The second kappa shape index (κ2) is 7.05. The van der Waals surface area contributed by atoms with E-state index < -0.39 is 10.0 Å². The van der Waals surface area contributed by atoms with E-state index in [1.807, 2.05) is 18.2 Å². The lowest BCUT2D eigenvalue weighted by Crippen LogP contribution is -2.11. The van der Waals surface area contributed by atoms with E-state index in [2.05, 4.69) is 11.9 Å². The Hall–Kier alpha value is -2.34. The quantitative estimate of drug-likeness (QED) is 0.611. The van der Waals surface area contributed by atoms with Crippen LogP contribution in [0.3, 0.4) is 0 Å². The Kier molecular flexibility index (Phi) is 4.85. The lowest BCUT2D eigenvalue weighted by Gasteiger charge is -2.13. The predicted molar refractivity (Wildman–Crippen MR) is 93.8 cm³/mol. The summed E-state index contributed by atoms with van der Waals surface area (Å²) in [7, 11) is -3.67. The van der Waals surface area contributed by atoms with Crippen molar-refractivity contribution in [2.75, 3.05) is 6.61 Å². The summed E-state index contributed by atoms with van der Waals surface area (Å²) in [6.45, 7) is 2.77. The van der Waals surface area contributed by atoms with Crippen molar-refractivity contribution in [1.29, 1.82) is 0 Å². The van der Waals surface area contributed by atoms with Gasteiger partial charge in [-0.05, 0) is 18.6 Å². The molecule has 0 amide bonds. The van der Waals surface area contributed by atoms with Crippen molar-refractivity contribution in [2.45, 2.75) is 31.1 Å². The van der Waals surface area contributed by atoms with Crippen LogP contribution in [0.2, 0.25) is 0 Å². The van der Waals surface area contributed by atoms with Gasteiger partial charge in [-0.2, -0.15) is 0 Å². The third kappa shape index (κ3) is 3.14. The van der Waals surface area contributed by atoms with Crippen LogP contribution in [0.5, 0.6) is 5.75 Å². The molecule has 1 heterocycles. The van der Waals surface area contributed by atoms with Gasteiger partial charge < -0.3 is 4.74 Å². The first-order valence-electron chi connectivity index (χ1n) is 8.02. The molecule has 6 heteroatoms. The summed E-state index contributed by atoms with van der Waals surface area (Å²) in [4.78, 5) is 4.08. The largest absolute Gasteiger partial charge is 0.493 e. The van der Waals surface area contributed by atoms with E-state index in [-0.39, 0.29) is 4.90 Å². The number of ether oxygens (including phenoxy) is 1. The van der Waals surface area contributed by atoms with Gasteiger partial charge in [-0.15, -0.1) is 0 Å². The molecule has 24 heavy (non-hydrogen) atoms. The molecule has 3 aromatic rings. The Bertz CT molecular complexity index is 919. The summed E-state index contributed by atoms with van der Waals surface area (Å²) < 4.78 is 32.6. The van der Waals surface area contributed by atoms with E-state index in [0.29, 0.717) is 17.7 Å². The Balaban J connectivity index is 2.03. The lowest BCUT2D eigenvalue weighted by molar-refractivity contribution is 0.309. The molecule has 0 aliphatic carbocycles. The minimum absolute atomic E-state index is 0.247. The molecule has 0 aliphatic heterocycles. The highest BCUT2D eigenvalue weighted by molar-refractivity contribution is 7.90. The maximum absolute atomic E-state index is 12.8. The topological polar surface area (TPSA) is 61.2 Å². The van der Waals surface area contributed by atoms with Crippen LogP contribution in [0.4, 0.5) is 0 Å². The summed E-state index contributed by atoms with van der Waals surface area (Å²) in [5.41, 5.74) is 0. The van der Waals surface area contributed by atoms with Crippen LogP contribution in [0.25, 0.3) is 10.8 Å². The second-order valence-electron chi connectivity index (χ2n) is 5.56. The Morgan fingerprint density at radius 1 is 1.08 bits per heavy atom. The van der Waals surface area contributed by atoms with Crippen LogP contribution in [0, 0.1) is 0 Å². The molecular formula is C18H20N2O3S. The molecule has 0 atom stereocenters. The summed E-state index contributed by atoms with van der Waals surface area (Å²) in [6, 6.07) is 10.7. The van der Waals surface area contributed by atoms with Gasteiger partial charge in [0.15, 0.2) is 0 Å². The summed E-state index contributed by atoms with van der Waals surface area (Å²) in [5, 5.41) is 1.45. The van der Waals surface area contributed by atoms with Gasteiger partial charge in [0.2, 0.25) is 0 Å². The third-order valence-electron chi connectivity index (χ3n) is 3.89. The van der Waals surface area contributed by atoms with Crippen molar-refractivity contribution in [3.8, 4) is 5.75 Å². The molecule has 0 aliphatic rings. The average molecular weight is 344 g/mol. The van der Waals surface area contributed by atoms with Gasteiger partial charge in [-0.25, -0.2) is 17.4 Å². The van der Waals surface area contributed by atoms with Gasteiger partial charge in [0.25, 0.3) is 10.0 Å². The van der Waals surface area contributed by atoms with Gasteiger partial charge in [0, 0.05) is 23.2 Å². The van der Waals surface area contributed by atoms with Gasteiger partial charge in [-0.1, -0.05) is 44.0 Å². The lowest BCUT2D eigenvalue weighted by atomic mass is 10.1. The summed E-state index contributed by atoms with van der Waals surface area (Å²) in [5.74, 6) is 0.714. The van der Waals surface area contributed by atoms with Crippen LogP contribution in [0.1, 0.15) is 26.2 Å². The average Bonchev–Trinajstić information content (AvgIpc) is 3.14. The number of nitrogens with zero attached hydrogens (tertiary/aromatic N) is 2. The van der Waals surface area contributed by atoms with Gasteiger partial charge >= 0.3 is 0 Å². The van der Waals surface area contributed by atoms with E-state index in [9.17, 15) is 8.42 Å². The van der Waals surface area contributed by atoms with Crippen LogP contribution >= 0.6 is 0 Å². The van der Waals surface area contributed by atoms with Crippen LogP contribution in [-0.4, -0.2) is 24.0 Å². The fourth-order valence-corrected chi connectivity index (χ4v) is 3.95. The van der Waals surface area contributed by atoms with Crippen molar-refractivity contribution >= 4 is 20.8 Å². The number of hydrogen-bond acceptors (Lipinski definition) is 4. The van der Waals surface area contributed by atoms with Crippen molar-refractivity contribution in [3.63, 3.8) is 0 Å². The number of fused-ring (bicyclic) bond motifs is 1. The zero-order chi connectivity index (χ0) is 17.0. The van der Waals surface area contributed by atoms with Gasteiger partial charge in [-0.3, -0.25) is 0 Å². The normalized spacial score (nSPS) is 11.7. The first kappa shape index (κ1) is 16.5. The molecule has 0 radical (unpaired) electrons. The van der Waals surface area contributed by atoms with E-state index in [1.165, 1.54) is 18.7 Å². The van der Waals surface area contributed by atoms with E-state index in [1.54, 1.807) is 18.2 Å². The van der Waals surface area contributed by atoms with Gasteiger partial charge in [0.1, 0.15) is 12.1 Å². The van der Waals surface area contributed by atoms with E-state index in [4.69, 9.17) is 4.74 Å². The number of unbranched alkanes of at least 4 members (excludes halogenated alkanes) is 2. The predicted octanol–water partition coefficient (Wildman–Crippen LogP) is 3.84. The van der Waals surface area contributed by atoms with E-state index >= 15 is 0 Å². The molecule has 5 nitrogen and oxygen atoms in total. The first-order chi connectivity index (χ1) is 11.6. The van der Waals surface area contributed by atoms with Crippen molar-refractivity contribution in [3.05, 3.63) is 55.1 Å². The Morgan fingerprint density at radius 2 is 1.88 bits per heavy atom. The molecule has 3 rings (SSSR count). The highest BCUT2D eigenvalue weighted by atomic mass is 32.2. The smallest absolute Gasteiger partial charge is 0.269 e. The van der Waals surface area contributed by atoms with Crippen LogP contribution in [0.15, 0.2) is 60.0 Å². The minimum Gasteiger partial charge on any atom is -0.493 e. The van der Waals surface area contributed by atoms with Crippen LogP contribution < -0.4 is 4.74 Å². The zero-order valence-electron chi connectivity index (χ0n) is 13.6. The highest BCUT2D eigenvalue weighted by Gasteiger charge is 2.20. The SMILES string of the molecule is CCCCCOc1ccc(S(=O)(=O)n2ccnc2)c2ccccc12. The second-order valence-corrected chi connectivity index (χ2v) is 7.37. The number of rotatable bonds is 7. The fourth-order valence-electron chi connectivity index (χ4n) is 2.63. The molecule has 2 aromatic carbocycles. The number of hydrogen-bond donors (Lipinski definition) is 0. The number of aromatic nitrogens is 2. The molecular weight excluding hydrogens is 324 g/mol. The maximum atomic E-state index is 12.8. The third-order valence-corrected chi connectivity index (χ3v) is 5.57. The molecule has 1 aromatic heterocycles. The van der Waals surface area contributed by atoms with Crippen molar-refractivity contribution in [1.82, 2.24) is 8.96 Å². The minimum atomic E-state index is -3.67. The highest BCUT2D eigenvalue weighted by Crippen LogP contribution is 2.32. The molecule has 0 unspecified atom stereocenters. The van der Waals surface area contributed by atoms with Gasteiger partial charge in [0.05, 0.1) is 11.5 Å². The molecule has 0 saturated carbocycles. The van der Waals surface area contributed by atoms with Crippen molar-refractivity contribution < 1.29 is 13.2 Å². The molecule has 0 N–H and O–H groups in total. The Labute approximate surface area is 142 Å². The van der Waals surface area contributed by atoms with Crippen LogP contribution in [-0.2, 0) is 10.0 Å². The monoisotopic (exact) mass is 344 g/mol. The van der Waals surface area contributed by atoms with E-state index in [0.717, 1.165) is 28.6 Å². The standard InChI is InChI=1S/C18H20N2O3S/c1-2-3-6-13-23-17-9-10-18(16-8-5-4-7-15(16)17)24(21,22)20-12-11-19-14-20/h4-5,7-12,14H,2-3,6,13H2,1H3. The summed E-state index contributed by atoms with van der Waals surface area (Å²) >= 11 is 0. The zero-order valence-corrected chi connectivity index (χ0v) is 14.4. The fraction of sp³-hybridized carbons (Fsp3) is 0.278.